The fourth-order valence-corrected chi connectivity index (χ4v) is 2.13. The highest BCUT2D eigenvalue weighted by atomic mass is 16.6. The number of benzene rings is 1. The van der Waals surface area contributed by atoms with E-state index in [0.717, 1.165) is 0 Å². The number of esters is 1. The third-order valence-corrected chi connectivity index (χ3v) is 4.29. The standard InChI is InChI=1S/C19H22N2O5/c1-6-11-25-16-7-8-17(21(23)24)15(12-16)13-26-18(22)9-10-19(4,20-5)14(2)3/h1,7-8,12,14H,9-11,13H2,2-4H3. The monoisotopic (exact) mass is 358 g/mol. The van der Waals surface area contributed by atoms with E-state index in [4.69, 9.17) is 22.5 Å². The van der Waals surface area contributed by atoms with Gasteiger partial charge in [0.1, 0.15) is 19.0 Å². The van der Waals surface area contributed by atoms with Crippen molar-refractivity contribution >= 4 is 11.7 Å². The smallest absolute Gasteiger partial charge is 0.306 e. The van der Waals surface area contributed by atoms with Crippen molar-refractivity contribution in [2.45, 2.75) is 45.8 Å². The van der Waals surface area contributed by atoms with Gasteiger partial charge in [0, 0.05) is 25.3 Å². The molecule has 0 radical (unpaired) electrons. The number of nitrogens with zero attached hydrogens (tertiary/aromatic N) is 2. The van der Waals surface area contributed by atoms with Crippen LogP contribution in [0.3, 0.4) is 0 Å². The molecule has 0 aliphatic heterocycles. The first-order valence-corrected chi connectivity index (χ1v) is 8.11. The van der Waals surface area contributed by atoms with Gasteiger partial charge in [-0.05, 0) is 12.1 Å². The molecule has 0 amide bonds. The van der Waals surface area contributed by atoms with Crippen LogP contribution in [0.2, 0.25) is 0 Å². The summed E-state index contributed by atoms with van der Waals surface area (Å²) in [6.07, 6.45) is 5.55. The van der Waals surface area contributed by atoms with Gasteiger partial charge in [-0.25, -0.2) is 6.57 Å². The quantitative estimate of drug-likeness (QED) is 0.221. The predicted octanol–water partition coefficient (Wildman–Crippen LogP) is 3.76. The van der Waals surface area contributed by atoms with Crippen LogP contribution in [0.1, 0.15) is 39.2 Å². The first kappa shape index (κ1) is 21.0. The summed E-state index contributed by atoms with van der Waals surface area (Å²) in [5.41, 5.74) is -0.595. The minimum absolute atomic E-state index is 0.0292. The molecule has 7 heteroatoms. The summed E-state index contributed by atoms with van der Waals surface area (Å²) in [5.74, 6) is 2.25. The Morgan fingerprint density at radius 3 is 2.73 bits per heavy atom. The van der Waals surface area contributed by atoms with Crippen LogP contribution in [0.4, 0.5) is 5.69 Å². The normalized spacial score (nSPS) is 12.5. The zero-order chi connectivity index (χ0) is 19.7. The number of carbonyl (C=O) groups excluding carboxylic acids is 1. The zero-order valence-corrected chi connectivity index (χ0v) is 15.2. The molecule has 0 saturated heterocycles. The second-order valence-electron chi connectivity index (χ2n) is 6.32. The Labute approximate surface area is 153 Å². The van der Waals surface area contributed by atoms with Crippen molar-refractivity contribution in [3.63, 3.8) is 0 Å². The van der Waals surface area contributed by atoms with Gasteiger partial charge in [0.25, 0.3) is 5.69 Å². The summed E-state index contributed by atoms with van der Waals surface area (Å²) in [5, 5.41) is 11.1. The molecule has 1 unspecified atom stereocenters. The summed E-state index contributed by atoms with van der Waals surface area (Å²) in [7, 11) is 0. The molecule has 0 aliphatic carbocycles. The van der Waals surface area contributed by atoms with Crippen molar-refractivity contribution in [3.05, 3.63) is 45.3 Å². The van der Waals surface area contributed by atoms with E-state index in [9.17, 15) is 14.9 Å². The number of hydrogen-bond acceptors (Lipinski definition) is 5. The lowest BCUT2D eigenvalue weighted by Crippen LogP contribution is -2.28. The van der Waals surface area contributed by atoms with E-state index < -0.39 is 16.4 Å². The van der Waals surface area contributed by atoms with Crippen LogP contribution in [-0.2, 0) is 16.1 Å². The molecule has 0 aromatic heterocycles. The van der Waals surface area contributed by atoms with E-state index in [2.05, 4.69) is 10.8 Å². The van der Waals surface area contributed by atoms with Gasteiger partial charge in [0.15, 0.2) is 0 Å². The molecule has 0 fully saturated rings. The highest BCUT2D eigenvalue weighted by Crippen LogP contribution is 2.28. The average molecular weight is 358 g/mol. The Hall–Kier alpha value is -3.06. The van der Waals surface area contributed by atoms with Gasteiger partial charge < -0.3 is 14.3 Å². The van der Waals surface area contributed by atoms with Crippen molar-refractivity contribution < 1.29 is 19.2 Å². The molecule has 1 aromatic rings. The van der Waals surface area contributed by atoms with Gasteiger partial charge in [-0.15, -0.1) is 6.42 Å². The number of ether oxygens (including phenoxy) is 2. The van der Waals surface area contributed by atoms with Gasteiger partial charge >= 0.3 is 5.97 Å². The first-order chi connectivity index (χ1) is 12.2. The topological polar surface area (TPSA) is 83.0 Å². The SMILES string of the molecule is [C-]#[N+]C(C)(CCC(=O)OCc1cc(OCC#C)ccc1[N+](=O)[O-])C(C)C. The molecule has 0 spiro atoms. The molecule has 138 valence electrons. The summed E-state index contributed by atoms with van der Waals surface area (Å²) in [6.45, 7) is 12.7. The molecule has 0 bridgehead atoms. The van der Waals surface area contributed by atoms with Crippen molar-refractivity contribution in [2.24, 2.45) is 5.92 Å². The molecule has 0 saturated carbocycles. The highest BCUT2D eigenvalue weighted by molar-refractivity contribution is 5.69. The summed E-state index contributed by atoms with van der Waals surface area (Å²) < 4.78 is 10.4. The van der Waals surface area contributed by atoms with Crippen molar-refractivity contribution in [2.75, 3.05) is 6.61 Å². The molecule has 0 aliphatic rings. The molecule has 0 heterocycles. The van der Waals surface area contributed by atoms with E-state index in [1.807, 2.05) is 13.8 Å². The van der Waals surface area contributed by atoms with Crippen LogP contribution in [0.25, 0.3) is 4.85 Å². The first-order valence-electron chi connectivity index (χ1n) is 8.11. The summed E-state index contributed by atoms with van der Waals surface area (Å²) in [4.78, 5) is 26.2. The van der Waals surface area contributed by atoms with E-state index in [-0.39, 0.29) is 36.8 Å². The van der Waals surface area contributed by atoms with Crippen LogP contribution < -0.4 is 4.74 Å². The largest absolute Gasteiger partial charge is 0.481 e. The third kappa shape index (κ3) is 5.78. The fraction of sp³-hybridized carbons (Fsp3) is 0.474. The Morgan fingerprint density at radius 2 is 2.19 bits per heavy atom. The van der Waals surface area contributed by atoms with Gasteiger partial charge in [-0.2, -0.15) is 0 Å². The average Bonchev–Trinajstić information content (AvgIpc) is 2.62. The zero-order valence-electron chi connectivity index (χ0n) is 15.2. The van der Waals surface area contributed by atoms with Crippen LogP contribution >= 0.6 is 0 Å². The van der Waals surface area contributed by atoms with Crippen LogP contribution in [-0.4, -0.2) is 23.0 Å². The van der Waals surface area contributed by atoms with E-state index in [1.165, 1.54) is 18.2 Å². The number of nitro groups is 1. The Kier molecular flexibility index (Phi) is 7.61. The van der Waals surface area contributed by atoms with Crippen molar-refractivity contribution in [3.8, 4) is 18.1 Å². The van der Waals surface area contributed by atoms with Gasteiger partial charge in [0.05, 0.1) is 16.9 Å². The van der Waals surface area contributed by atoms with Gasteiger partial charge in [-0.1, -0.05) is 19.8 Å². The lowest BCUT2D eigenvalue weighted by molar-refractivity contribution is -0.385. The molecule has 1 aromatic carbocycles. The Balaban J connectivity index is 2.76. The minimum atomic E-state index is -0.645. The third-order valence-electron chi connectivity index (χ3n) is 4.29. The molecule has 0 N–H and O–H groups in total. The van der Waals surface area contributed by atoms with Crippen LogP contribution in [0.5, 0.6) is 5.75 Å². The van der Waals surface area contributed by atoms with Crippen LogP contribution in [0.15, 0.2) is 18.2 Å². The maximum Gasteiger partial charge on any atom is 0.306 e. The lowest BCUT2D eigenvalue weighted by atomic mass is 9.85. The number of terminal acetylenes is 1. The number of carbonyl (C=O) groups is 1. The Morgan fingerprint density at radius 1 is 1.50 bits per heavy atom. The number of nitro benzene ring substituents is 1. The predicted molar refractivity (Wildman–Crippen MR) is 96.3 cm³/mol. The van der Waals surface area contributed by atoms with Crippen molar-refractivity contribution in [1.82, 2.24) is 0 Å². The molecule has 26 heavy (non-hydrogen) atoms. The van der Waals surface area contributed by atoms with E-state index in [0.29, 0.717) is 12.2 Å². The lowest BCUT2D eigenvalue weighted by Gasteiger charge is -2.20. The summed E-state index contributed by atoms with van der Waals surface area (Å²) in [6, 6.07) is 4.15. The maximum atomic E-state index is 12.0. The second kappa shape index (κ2) is 9.43. The van der Waals surface area contributed by atoms with Crippen molar-refractivity contribution in [1.29, 1.82) is 0 Å². The molecular weight excluding hydrogens is 336 g/mol. The minimum Gasteiger partial charge on any atom is -0.481 e. The maximum absolute atomic E-state index is 12.0. The molecular formula is C19H22N2O5. The fourth-order valence-electron chi connectivity index (χ4n) is 2.13. The molecule has 1 rings (SSSR count). The van der Waals surface area contributed by atoms with Gasteiger partial charge in [0.2, 0.25) is 5.54 Å². The molecule has 1 atom stereocenters. The Bertz CT molecular complexity index is 745. The van der Waals surface area contributed by atoms with E-state index in [1.54, 1.807) is 6.92 Å². The number of rotatable bonds is 9. The van der Waals surface area contributed by atoms with E-state index >= 15 is 0 Å². The highest BCUT2D eigenvalue weighted by Gasteiger charge is 2.35. The van der Waals surface area contributed by atoms with Crippen LogP contribution in [0, 0.1) is 34.9 Å². The second-order valence-corrected chi connectivity index (χ2v) is 6.32. The van der Waals surface area contributed by atoms with Gasteiger partial charge in [-0.3, -0.25) is 14.9 Å². The number of hydrogen-bond donors (Lipinski definition) is 0. The molecule has 7 nitrogen and oxygen atoms in total. The summed E-state index contributed by atoms with van der Waals surface area (Å²) >= 11 is 0.